The molecule has 4 rings (SSSR count). The van der Waals surface area contributed by atoms with Crippen LogP contribution in [0.2, 0.25) is 0 Å². The van der Waals surface area contributed by atoms with Gasteiger partial charge in [-0.1, -0.05) is 41.2 Å². The van der Waals surface area contributed by atoms with E-state index < -0.39 is 0 Å². The van der Waals surface area contributed by atoms with Crippen LogP contribution in [0, 0.1) is 6.92 Å². The number of hydrogen-bond donors (Lipinski definition) is 1. The normalized spacial score (nSPS) is 11.4. The van der Waals surface area contributed by atoms with Crippen molar-refractivity contribution in [2.75, 3.05) is 0 Å². The number of rotatable bonds is 3. The summed E-state index contributed by atoms with van der Waals surface area (Å²) in [6.07, 6.45) is 1.62. The van der Waals surface area contributed by atoms with Crippen LogP contribution < -0.4 is 0 Å². The molecule has 0 saturated carbocycles. The zero-order chi connectivity index (χ0) is 15.1. The van der Waals surface area contributed by atoms with Gasteiger partial charge in [-0.15, -0.1) is 0 Å². The minimum atomic E-state index is -0.119. The number of aliphatic hydroxyl groups is 1. The molecule has 0 aliphatic rings. The molecule has 0 aliphatic carbocycles. The average Bonchev–Trinajstić information content (AvgIpc) is 3.22. The van der Waals surface area contributed by atoms with E-state index in [-0.39, 0.29) is 6.61 Å². The molecular weight excluding hydrogens is 298 g/mol. The smallest absolute Gasteiger partial charge is 0.213 e. The third kappa shape index (κ3) is 2.04. The number of hydrogen-bond acceptors (Lipinski definition) is 5. The zero-order valence-electron chi connectivity index (χ0n) is 11.9. The van der Waals surface area contributed by atoms with Gasteiger partial charge in [0, 0.05) is 5.56 Å². The summed E-state index contributed by atoms with van der Waals surface area (Å²) in [5.41, 5.74) is 3.63. The van der Waals surface area contributed by atoms with Crippen LogP contribution in [0.5, 0.6) is 0 Å². The highest BCUT2D eigenvalue weighted by Gasteiger charge is 2.18. The molecule has 0 radical (unpaired) electrons. The van der Waals surface area contributed by atoms with E-state index in [1.807, 2.05) is 43.3 Å². The largest absolute Gasteiger partial charge is 0.462 e. The molecule has 22 heavy (non-hydrogen) atoms. The Morgan fingerprint density at radius 3 is 2.73 bits per heavy atom. The summed E-state index contributed by atoms with van der Waals surface area (Å²) in [6.45, 7) is 1.92. The van der Waals surface area contributed by atoms with Gasteiger partial charge in [0.15, 0.2) is 10.8 Å². The first-order chi connectivity index (χ1) is 10.8. The Kier molecular flexibility index (Phi) is 3.06. The molecule has 0 fully saturated rings. The second-order valence-corrected chi connectivity index (χ2v) is 5.97. The molecular formula is C16H13N3O2S. The average molecular weight is 311 g/mol. The van der Waals surface area contributed by atoms with E-state index in [0.717, 1.165) is 21.2 Å². The Morgan fingerprint density at radius 2 is 2.05 bits per heavy atom. The van der Waals surface area contributed by atoms with Gasteiger partial charge in [0.25, 0.3) is 0 Å². The van der Waals surface area contributed by atoms with Crippen molar-refractivity contribution >= 4 is 16.3 Å². The molecule has 0 saturated heterocycles. The number of fused-ring (bicyclic) bond motifs is 1. The molecule has 3 heterocycles. The van der Waals surface area contributed by atoms with Crippen molar-refractivity contribution in [3.63, 3.8) is 0 Å². The lowest BCUT2D eigenvalue weighted by molar-refractivity contribution is 0.275. The summed E-state index contributed by atoms with van der Waals surface area (Å²) >= 11 is 1.44. The van der Waals surface area contributed by atoms with Gasteiger partial charge in [-0.25, -0.2) is 9.50 Å². The van der Waals surface area contributed by atoms with Crippen molar-refractivity contribution < 1.29 is 9.52 Å². The van der Waals surface area contributed by atoms with Crippen molar-refractivity contribution in [2.45, 2.75) is 13.5 Å². The fraction of sp³-hybridized carbons (Fsp3) is 0.125. The van der Waals surface area contributed by atoms with E-state index in [4.69, 9.17) is 4.42 Å². The van der Waals surface area contributed by atoms with Crippen molar-refractivity contribution in [1.29, 1.82) is 0 Å². The highest BCUT2D eigenvalue weighted by Crippen LogP contribution is 2.31. The molecule has 0 bridgehead atoms. The third-order valence-corrected chi connectivity index (χ3v) is 4.43. The summed E-state index contributed by atoms with van der Waals surface area (Å²) in [4.78, 5) is 5.37. The van der Waals surface area contributed by atoms with Crippen LogP contribution in [-0.2, 0) is 6.61 Å². The molecule has 0 atom stereocenters. The van der Waals surface area contributed by atoms with Gasteiger partial charge in [0.05, 0.1) is 24.3 Å². The molecule has 1 N–H and O–H groups in total. The molecule has 6 heteroatoms. The SMILES string of the molecule is Cc1ccc(-c2nc3sc(-c4ccco4)nn3c2CO)cc1. The van der Waals surface area contributed by atoms with Crippen LogP contribution in [0.15, 0.2) is 47.1 Å². The highest BCUT2D eigenvalue weighted by atomic mass is 32.1. The van der Waals surface area contributed by atoms with Crippen LogP contribution in [0.4, 0.5) is 0 Å². The molecule has 5 nitrogen and oxygen atoms in total. The number of aliphatic hydroxyl groups excluding tert-OH is 1. The first kappa shape index (κ1) is 13.2. The summed E-state index contributed by atoms with van der Waals surface area (Å²) in [6, 6.07) is 11.8. The zero-order valence-corrected chi connectivity index (χ0v) is 12.7. The lowest BCUT2D eigenvalue weighted by Gasteiger charge is -2.01. The number of benzene rings is 1. The maximum atomic E-state index is 9.74. The summed E-state index contributed by atoms with van der Waals surface area (Å²) < 4.78 is 7.06. The van der Waals surface area contributed by atoms with Crippen LogP contribution >= 0.6 is 11.3 Å². The highest BCUT2D eigenvalue weighted by molar-refractivity contribution is 7.19. The molecule has 0 aliphatic heterocycles. The Morgan fingerprint density at radius 1 is 1.23 bits per heavy atom. The fourth-order valence-corrected chi connectivity index (χ4v) is 3.26. The minimum absolute atomic E-state index is 0.119. The molecule has 110 valence electrons. The van der Waals surface area contributed by atoms with E-state index in [9.17, 15) is 5.11 Å². The van der Waals surface area contributed by atoms with E-state index in [2.05, 4.69) is 10.1 Å². The van der Waals surface area contributed by atoms with Gasteiger partial charge < -0.3 is 9.52 Å². The van der Waals surface area contributed by atoms with Crippen molar-refractivity contribution in [3.8, 4) is 22.0 Å². The molecule has 0 unspecified atom stereocenters. The quantitative estimate of drug-likeness (QED) is 0.629. The van der Waals surface area contributed by atoms with Gasteiger partial charge in [0.1, 0.15) is 0 Å². The maximum absolute atomic E-state index is 9.74. The maximum Gasteiger partial charge on any atom is 0.213 e. The minimum Gasteiger partial charge on any atom is -0.462 e. The molecule has 0 spiro atoms. The van der Waals surface area contributed by atoms with E-state index in [1.165, 1.54) is 16.9 Å². The van der Waals surface area contributed by atoms with E-state index >= 15 is 0 Å². The third-order valence-electron chi connectivity index (χ3n) is 3.50. The number of aryl methyl sites for hydroxylation is 1. The predicted molar refractivity (Wildman–Crippen MR) is 84.7 cm³/mol. The van der Waals surface area contributed by atoms with Crippen LogP contribution in [0.3, 0.4) is 0 Å². The monoisotopic (exact) mass is 311 g/mol. The van der Waals surface area contributed by atoms with E-state index in [1.54, 1.807) is 10.8 Å². The predicted octanol–water partition coefficient (Wildman–Crippen LogP) is 3.52. The first-order valence-electron chi connectivity index (χ1n) is 6.86. The van der Waals surface area contributed by atoms with Gasteiger partial charge in [0.2, 0.25) is 4.96 Å². The second-order valence-electron chi connectivity index (χ2n) is 5.01. The Balaban J connectivity index is 1.87. The van der Waals surface area contributed by atoms with Crippen molar-refractivity contribution in [1.82, 2.24) is 14.6 Å². The number of imidazole rings is 1. The van der Waals surface area contributed by atoms with Gasteiger partial charge in [-0.05, 0) is 19.1 Å². The lowest BCUT2D eigenvalue weighted by atomic mass is 10.1. The van der Waals surface area contributed by atoms with Gasteiger partial charge in [-0.2, -0.15) is 5.10 Å². The molecule has 1 aromatic carbocycles. The topological polar surface area (TPSA) is 63.6 Å². The number of nitrogens with zero attached hydrogens (tertiary/aromatic N) is 3. The van der Waals surface area contributed by atoms with E-state index in [0.29, 0.717) is 11.5 Å². The summed E-state index contributed by atoms with van der Waals surface area (Å²) in [7, 11) is 0. The van der Waals surface area contributed by atoms with Crippen molar-refractivity contribution in [3.05, 3.63) is 53.9 Å². The van der Waals surface area contributed by atoms with Crippen molar-refractivity contribution in [2.24, 2.45) is 0 Å². The summed E-state index contributed by atoms with van der Waals surface area (Å²) in [5.74, 6) is 0.705. The Labute approximate surface area is 130 Å². The van der Waals surface area contributed by atoms with Crippen LogP contribution in [0.1, 0.15) is 11.3 Å². The van der Waals surface area contributed by atoms with Crippen LogP contribution in [0.25, 0.3) is 27.0 Å². The van der Waals surface area contributed by atoms with Gasteiger partial charge in [-0.3, -0.25) is 0 Å². The second kappa shape index (κ2) is 5.08. The molecule has 4 aromatic rings. The standard InChI is InChI=1S/C16H13N3O2S/c1-10-4-6-11(7-5-10)14-12(9-20)19-16(17-14)22-15(18-19)13-3-2-8-21-13/h2-8,20H,9H2,1H3. The fourth-order valence-electron chi connectivity index (χ4n) is 2.37. The Bertz CT molecular complexity index is 921. The number of aromatic nitrogens is 3. The number of furan rings is 1. The Hall–Kier alpha value is -2.44. The first-order valence-corrected chi connectivity index (χ1v) is 7.68. The summed E-state index contributed by atoms with van der Waals surface area (Å²) in [5, 5.41) is 15.0. The molecule has 3 aromatic heterocycles. The van der Waals surface area contributed by atoms with Crippen LogP contribution in [-0.4, -0.2) is 19.7 Å². The molecule has 0 amide bonds. The van der Waals surface area contributed by atoms with Gasteiger partial charge >= 0.3 is 0 Å². The lowest BCUT2D eigenvalue weighted by Crippen LogP contribution is -1.95.